The van der Waals surface area contributed by atoms with Crippen molar-refractivity contribution in [2.75, 3.05) is 0 Å². The molecule has 0 atom stereocenters. The van der Waals surface area contributed by atoms with Crippen LogP contribution in [0.15, 0.2) is 54.1 Å². The molecule has 2 heterocycles. The smallest absolute Gasteiger partial charge is 0.304 e. The van der Waals surface area contributed by atoms with Crippen molar-refractivity contribution in [1.29, 1.82) is 0 Å². The van der Waals surface area contributed by atoms with E-state index in [1.54, 1.807) is 6.08 Å². The van der Waals surface area contributed by atoms with Gasteiger partial charge in [-0.1, -0.05) is 28.6 Å². The van der Waals surface area contributed by atoms with Crippen molar-refractivity contribution in [1.82, 2.24) is 4.90 Å². The third-order valence-electron chi connectivity index (χ3n) is 2.92. The third-order valence-corrected chi connectivity index (χ3v) is 3.28. The van der Waals surface area contributed by atoms with Gasteiger partial charge in [-0.3, -0.25) is 0 Å². The minimum atomic E-state index is -4.46. The van der Waals surface area contributed by atoms with E-state index in [4.69, 9.17) is 0 Å². The number of hydrogen-bond donors (Lipinski definition) is 0. The van der Waals surface area contributed by atoms with Crippen LogP contribution in [0.2, 0.25) is 0 Å². The van der Waals surface area contributed by atoms with Crippen molar-refractivity contribution in [3.63, 3.8) is 0 Å². The van der Waals surface area contributed by atoms with Crippen LogP contribution < -0.4 is 14.0 Å². The first-order chi connectivity index (χ1) is 9.01. The van der Waals surface area contributed by atoms with Gasteiger partial charge in [0.25, 0.3) is 0 Å². The first-order valence-electron chi connectivity index (χ1n) is 5.58. The molecule has 0 aromatic heterocycles. The van der Waals surface area contributed by atoms with E-state index in [1.165, 1.54) is 12.3 Å². The molecule has 5 nitrogen and oxygen atoms in total. The maximum atomic E-state index is 10.5. The Morgan fingerprint density at radius 3 is 2.68 bits per heavy atom. The molecule has 6 heteroatoms. The van der Waals surface area contributed by atoms with Crippen LogP contribution in [0.25, 0.3) is 6.08 Å². The van der Waals surface area contributed by atoms with Gasteiger partial charge in [0.1, 0.15) is 10.2 Å². The van der Waals surface area contributed by atoms with Crippen LogP contribution in [0.4, 0.5) is 0 Å². The lowest BCUT2D eigenvalue weighted by Gasteiger charge is -2.29. The van der Waals surface area contributed by atoms with Crippen molar-refractivity contribution in [3.05, 3.63) is 65.2 Å². The summed E-state index contributed by atoms with van der Waals surface area (Å²) in [5, 5.41) is 0. The average molecular weight is 280 g/mol. The van der Waals surface area contributed by atoms with Crippen molar-refractivity contribution in [2.45, 2.75) is 6.54 Å². The predicted octanol–water partition coefficient (Wildman–Crippen LogP) is -0.832. The lowest BCUT2D eigenvalue weighted by atomic mass is 10.0. The Morgan fingerprint density at radius 1 is 1.11 bits per heavy atom. The molecular formula is C13H10ClNO4. The maximum Gasteiger partial charge on any atom is 0.304 e. The molecule has 3 rings (SSSR count). The summed E-state index contributed by atoms with van der Waals surface area (Å²) in [6.07, 6.45) is 6.67. The van der Waals surface area contributed by atoms with Gasteiger partial charge in [-0.2, -0.15) is 14.0 Å². The van der Waals surface area contributed by atoms with Gasteiger partial charge in [0, 0.05) is 18.3 Å². The zero-order valence-corrected chi connectivity index (χ0v) is 10.5. The van der Waals surface area contributed by atoms with Gasteiger partial charge in [0.2, 0.25) is 0 Å². The highest BCUT2D eigenvalue weighted by molar-refractivity contribution is 5.62. The van der Waals surface area contributed by atoms with E-state index < -0.39 is 10.2 Å². The second-order valence-electron chi connectivity index (χ2n) is 4.22. The van der Waals surface area contributed by atoms with Crippen LogP contribution in [0.5, 0.6) is 0 Å². The molecule has 2 aliphatic heterocycles. The van der Waals surface area contributed by atoms with E-state index in [0.717, 1.165) is 16.8 Å². The fraction of sp³-hybridized carbons (Fsp3) is 0.0769. The Balaban J connectivity index is 1.88. The molecule has 0 saturated carbocycles. The molecule has 0 aliphatic carbocycles. The second kappa shape index (κ2) is 4.40. The summed E-state index contributed by atoms with van der Waals surface area (Å²) in [4.78, 5) is 1.83. The second-order valence-corrected chi connectivity index (χ2v) is 5.13. The molecule has 1 aromatic carbocycles. The zero-order valence-electron chi connectivity index (χ0n) is 9.78. The fourth-order valence-electron chi connectivity index (χ4n) is 2.12. The molecule has 0 radical (unpaired) electrons. The fourth-order valence-corrected chi connectivity index (χ4v) is 2.43. The van der Waals surface area contributed by atoms with Gasteiger partial charge in [0.05, 0.1) is 6.20 Å². The molecule has 0 fully saturated rings. The first kappa shape index (κ1) is 12.3. The average Bonchev–Trinajstić information content (AvgIpc) is 2.34. The Kier molecular flexibility index (Phi) is 2.83. The molecule has 1 aromatic rings. The van der Waals surface area contributed by atoms with Gasteiger partial charge in [-0.15, -0.1) is 0 Å². The van der Waals surface area contributed by atoms with E-state index in [0.29, 0.717) is 6.54 Å². The van der Waals surface area contributed by atoms with Crippen LogP contribution in [0, 0.1) is 10.2 Å². The Bertz CT molecular complexity index is 601. The highest BCUT2D eigenvalue weighted by Crippen LogP contribution is 2.29. The minimum Gasteiger partial charge on any atom is -0.339 e. The summed E-state index contributed by atoms with van der Waals surface area (Å²) in [6.45, 7) is 0.606. The van der Waals surface area contributed by atoms with Crippen LogP contribution in [-0.4, -0.2) is 4.90 Å². The monoisotopic (exact) mass is 279 g/mol. The SMILES string of the molecule is [O-][Cl+3]([O-])([O-])OC1=CN2Cc3ccccc3C=C2C=C1. The maximum absolute atomic E-state index is 10.5. The number of rotatable bonds is 2. The number of allylic oxidation sites excluding steroid dienone is 2. The van der Waals surface area contributed by atoms with Crippen LogP contribution >= 0.6 is 0 Å². The molecule has 19 heavy (non-hydrogen) atoms. The van der Waals surface area contributed by atoms with Crippen LogP contribution in [0.3, 0.4) is 0 Å². The number of hydrogen-bond acceptors (Lipinski definition) is 5. The third kappa shape index (κ3) is 2.64. The highest BCUT2D eigenvalue weighted by Gasteiger charge is 2.25. The Labute approximate surface area is 112 Å². The van der Waals surface area contributed by atoms with Gasteiger partial charge in [-0.25, -0.2) is 0 Å². The summed E-state index contributed by atoms with van der Waals surface area (Å²) in [5.74, 6) is 0.00759. The number of fused-ring (bicyclic) bond motifs is 2. The van der Waals surface area contributed by atoms with E-state index in [1.807, 2.05) is 35.2 Å². The van der Waals surface area contributed by atoms with Gasteiger partial charge in [-0.05, 0) is 23.3 Å². The lowest BCUT2D eigenvalue weighted by molar-refractivity contribution is -1.92. The van der Waals surface area contributed by atoms with E-state index in [9.17, 15) is 14.0 Å². The van der Waals surface area contributed by atoms with E-state index in [-0.39, 0.29) is 5.76 Å². The number of nitrogens with zero attached hydrogens (tertiary/aromatic N) is 1. The molecule has 98 valence electrons. The summed E-state index contributed by atoms with van der Waals surface area (Å²) >= 11 is 0. The zero-order chi connectivity index (χ0) is 13.5. The van der Waals surface area contributed by atoms with E-state index >= 15 is 0 Å². The Hall–Kier alpha value is -1.79. The molecule has 2 aliphatic rings. The minimum absolute atomic E-state index is 0.00759. The summed E-state index contributed by atoms with van der Waals surface area (Å²) < 4.78 is 35.9. The molecular weight excluding hydrogens is 270 g/mol. The van der Waals surface area contributed by atoms with Crippen molar-refractivity contribution < 1.29 is 28.5 Å². The predicted molar refractivity (Wildman–Crippen MR) is 58.3 cm³/mol. The number of halogens is 1. The lowest BCUT2D eigenvalue weighted by Crippen LogP contribution is -2.60. The van der Waals surface area contributed by atoms with Gasteiger partial charge in [0.15, 0.2) is 0 Å². The van der Waals surface area contributed by atoms with E-state index in [2.05, 4.69) is 4.29 Å². The summed E-state index contributed by atoms with van der Waals surface area (Å²) in [5.41, 5.74) is 3.18. The van der Waals surface area contributed by atoms with Crippen molar-refractivity contribution >= 4 is 6.08 Å². The molecule has 0 N–H and O–H groups in total. The summed E-state index contributed by atoms with van der Waals surface area (Å²) in [7, 11) is -4.46. The Morgan fingerprint density at radius 2 is 1.89 bits per heavy atom. The topological polar surface area (TPSA) is 81.6 Å². The van der Waals surface area contributed by atoms with Gasteiger partial charge < -0.3 is 4.90 Å². The van der Waals surface area contributed by atoms with Crippen LogP contribution in [0.1, 0.15) is 11.1 Å². The highest BCUT2D eigenvalue weighted by atomic mass is 35.7. The van der Waals surface area contributed by atoms with Crippen molar-refractivity contribution in [2.24, 2.45) is 0 Å². The molecule has 0 bridgehead atoms. The number of benzene rings is 1. The normalized spacial score (nSPS) is 17.3. The standard InChI is InChI=1S/C13H10ClNO4/c16-14(17,18)19-13-6-5-12-7-10-3-1-2-4-11(10)8-15(12)9-13/h1-7,9H,8H2. The molecule has 0 amide bonds. The summed E-state index contributed by atoms with van der Waals surface area (Å²) in [6, 6.07) is 7.92. The quantitative estimate of drug-likeness (QED) is 0.706. The van der Waals surface area contributed by atoms with Crippen molar-refractivity contribution in [3.8, 4) is 0 Å². The molecule has 0 unspecified atom stereocenters. The largest absolute Gasteiger partial charge is 0.339 e. The van der Waals surface area contributed by atoms with Gasteiger partial charge >= 0.3 is 5.76 Å². The molecule has 0 saturated heterocycles. The molecule has 0 spiro atoms. The van der Waals surface area contributed by atoms with Crippen LogP contribution in [-0.2, 0) is 10.8 Å². The first-order valence-corrected chi connectivity index (χ1v) is 6.81.